The molecule has 1 N–H and O–H groups in total. The topological polar surface area (TPSA) is 69.0 Å². The van der Waals surface area contributed by atoms with Crippen LogP contribution in [0.2, 0.25) is 0 Å². The van der Waals surface area contributed by atoms with Crippen LogP contribution in [0.5, 0.6) is 5.75 Å². The second-order valence-corrected chi connectivity index (χ2v) is 5.01. The number of benzene rings is 1. The van der Waals surface area contributed by atoms with E-state index in [0.717, 1.165) is 18.5 Å². The Morgan fingerprint density at radius 3 is 2.50 bits per heavy atom. The number of carbonyl (C=O) groups excluding carboxylic acids is 1. The van der Waals surface area contributed by atoms with Crippen LogP contribution in [0.1, 0.15) is 5.69 Å². The van der Waals surface area contributed by atoms with Crippen LogP contribution in [0, 0.1) is 5.82 Å². The standard InChI is InChI=1S/C16H10F4N4O2/c17-10-6-11(9-21-8-10)24-14(7-13(23-24)16(18,19)20)22-15(25)26-12-4-2-1-3-5-12/h1-9H,(H,22,25). The van der Waals surface area contributed by atoms with Gasteiger partial charge in [0.2, 0.25) is 0 Å². The first kappa shape index (κ1) is 17.4. The van der Waals surface area contributed by atoms with Gasteiger partial charge in [-0.25, -0.2) is 13.9 Å². The van der Waals surface area contributed by atoms with Gasteiger partial charge in [0.25, 0.3) is 0 Å². The van der Waals surface area contributed by atoms with E-state index in [0.29, 0.717) is 10.7 Å². The van der Waals surface area contributed by atoms with Crippen molar-refractivity contribution in [3.63, 3.8) is 0 Å². The normalized spacial score (nSPS) is 11.2. The fourth-order valence-corrected chi connectivity index (χ4v) is 2.05. The van der Waals surface area contributed by atoms with E-state index in [4.69, 9.17) is 4.74 Å². The molecule has 134 valence electrons. The number of nitrogens with zero attached hydrogens (tertiary/aromatic N) is 3. The van der Waals surface area contributed by atoms with E-state index >= 15 is 0 Å². The lowest BCUT2D eigenvalue weighted by atomic mass is 10.3. The van der Waals surface area contributed by atoms with Crippen LogP contribution in [-0.4, -0.2) is 20.9 Å². The fourth-order valence-electron chi connectivity index (χ4n) is 2.05. The SMILES string of the molecule is O=C(Nc1cc(C(F)(F)F)nn1-c1cncc(F)c1)Oc1ccccc1. The molecule has 2 heterocycles. The summed E-state index contributed by atoms with van der Waals surface area (Å²) in [6, 6.07) is 9.46. The van der Waals surface area contributed by atoms with Crippen LogP contribution in [0.25, 0.3) is 5.69 Å². The van der Waals surface area contributed by atoms with E-state index < -0.39 is 23.8 Å². The van der Waals surface area contributed by atoms with Gasteiger partial charge in [0.1, 0.15) is 17.4 Å². The predicted octanol–water partition coefficient (Wildman–Crippen LogP) is 4.04. The van der Waals surface area contributed by atoms with Gasteiger partial charge in [0.05, 0.1) is 18.1 Å². The van der Waals surface area contributed by atoms with Crippen molar-refractivity contribution >= 4 is 11.9 Å². The highest BCUT2D eigenvalue weighted by Gasteiger charge is 2.35. The average Bonchev–Trinajstić information content (AvgIpc) is 2.99. The van der Waals surface area contributed by atoms with E-state index in [1.165, 1.54) is 12.1 Å². The molecule has 10 heteroatoms. The summed E-state index contributed by atoms with van der Waals surface area (Å²) in [5.41, 5.74) is -1.37. The number of hydrogen-bond acceptors (Lipinski definition) is 4. The molecular formula is C16H10F4N4O2. The van der Waals surface area contributed by atoms with Crippen molar-refractivity contribution in [1.82, 2.24) is 14.8 Å². The smallest absolute Gasteiger partial charge is 0.410 e. The molecule has 0 aliphatic rings. The minimum Gasteiger partial charge on any atom is -0.410 e. The van der Waals surface area contributed by atoms with Crippen molar-refractivity contribution in [3.8, 4) is 11.4 Å². The summed E-state index contributed by atoms with van der Waals surface area (Å²) in [6.45, 7) is 0. The highest BCUT2D eigenvalue weighted by molar-refractivity contribution is 5.85. The second-order valence-electron chi connectivity index (χ2n) is 5.01. The van der Waals surface area contributed by atoms with E-state index in [9.17, 15) is 22.4 Å². The number of amides is 1. The lowest BCUT2D eigenvalue weighted by Gasteiger charge is -2.09. The average molecular weight is 366 g/mol. The molecule has 0 saturated heterocycles. The molecule has 6 nitrogen and oxygen atoms in total. The number of para-hydroxylation sites is 1. The summed E-state index contributed by atoms with van der Waals surface area (Å²) >= 11 is 0. The summed E-state index contributed by atoms with van der Waals surface area (Å²) < 4.78 is 57.9. The molecule has 1 aromatic carbocycles. The molecule has 0 radical (unpaired) electrons. The Bertz CT molecular complexity index is 925. The van der Waals surface area contributed by atoms with Gasteiger partial charge in [-0.3, -0.25) is 10.3 Å². The number of nitrogens with one attached hydrogen (secondary N) is 1. The summed E-state index contributed by atoms with van der Waals surface area (Å²) in [5, 5.41) is 5.53. The number of anilines is 1. The summed E-state index contributed by atoms with van der Waals surface area (Å²) in [6.07, 6.45) is -3.81. The highest BCUT2D eigenvalue weighted by Crippen LogP contribution is 2.31. The third kappa shape index (κ3) is 3.97. The molecule has 0 aliphatic carbocycles. The minimum atomic E-state index is -4.76. The monoisotopic (exact) mass is 366 g/mol. The third-order valence-corrected chi connectivity index (χ3v) is 3.12. The summed E-state index contributed by atoms with van der Waals surface area (Å²) in [5.74, 6) is -0.936. The zero-order chi connectivity index (χ0) is 18.7. The molecule has 26 heavy (non-hydrogen) atoms. The van der Waals surface area contributed by atoms with Crippen LogP contribution in [0.4, 0.5) is 28.2 Å². The van der Waals surface area contributed by atoms with Gasteiger partial charge in [0.15, 0.2) is 5.69 Å². The number of carbonyl (C=O) groups is 1. The lowest BCUT2D eigenvalue weighted by Crippen LogP contribution is -2.19. The quantitative estimate of drug-likeness (QED) is 0.711. The van der Waals surface area contributed by atoms with E-state index in [-0.39, 0.29) is 17.3 Å². The Kier molecular flexibility index (Phi) is 4.57. The van der Waals surface area contributed by atoms with Crippen molar-refractivity contribution in [1.29, 1.82) is 0 Å². The molecule has 0 bridgehead atoms. The number of aromatic nitrogens is 3. The second kappa shape index (κ2) is 6.82. The fraction of sp³-hybridized carbons (Fsp3) is 0.0625. The van der Waals surface area contributed by atoms with Gasteiger partial charge < -0.3 is 4.74 Å². The number of alkyl halides is 3. The van der Waals surface area contributed by atoms with Crippen molar-refractivity contribution in [2.75, 3.05) is 5.32 Å². The molecule has 0 spiro atoms. The Labute approximate surface area is 144 Å². The van der Waals surface area contributed by atoms with Gasteiger partial charge in [-0.2, -0.15) is 18.3 Å². The van der Waals surface area contributed by atoms with Crippen molar-refractivity contribution in [3.05, 3.63) is 66.4 Å². The molecule has 1 amide bonds. The third-order valence-electron chi connectivity index (χ3n) is 3.12. The molecule has 2 aromatic heterocycles. The first-order valence-corrected chi connectivity index (χ1v) is 7.15. The minimum absolute atomic E-state index is 0.101. The Balaban J connectivity index is 1.92. The van der Waals surface area contributed by atoms with Gasteiger partial charge in [-0.1, -0.05) is 18.2 Å². The largest absolute Gasteiger partial charge is 0.435 e. The Hall–Kier alpha value is -3.43. The predicted molar refractivity (Wildman–Crippen MR) is 82.4 cm³/mol. The molecule has 0 unspecified atom stereocenters. The number of hydrogen-bond donors (Lipinski definition) is 1. The lowest BCUT2D eigenvalue weighted by molar-refractivity contribution is -0.141. The van der Waals surface area contributed by atoms with Gasteiger partial charge in [-0.15, -0.1) is 0 Å². The van der Waals surface area contributed by atoms with Crippen molar-refractivity contribution in [2.45, 2.75) is 6.18 Å². The van der Waals surface area contributed by atoms with Crippen LogP contribution in [0.15, 0.2) is 54.9 Å². The first-order chi connectivity index (χ1) is 12.3. The van der Waals surface area contributed by atoms with E-state index in [1.807, 2.05) is 0 Å². The maximum atomic E-state index is 13.3. The molecule has 0 fully saturated rings. The van der Waals surface area contributed by atoms with Gasteiger partial charge in [-0.05, 0) is 12.1 Å². The molecule has 0 atom stereocenters. The Morgan fingerprint density at radius 2 is 1.85 bits per heavy atom. The number of rotatable bonds is 3. The zero-order valence-corrected chi connectivity index (χ0v) is 12.9. The first-order valence-electron chi connectivity index (χ1n) is 7.15. The molecule has 0 aliphatic heterocycles. The molecular weight excluding hydrogens is 356 g/mol. The van der Waals surface area contributed by atoms with Gasteiger partial charge >= 0.3 is 12.3 Å². The van der Waals surface area contributed by atoms with Crippen LogP contribution in [-0.2, 0) is 6.18 Å². The Morgan fingerprint density at radius 1 is 1.12 bits per heavy atom. The van der Waals surface area contributed by atoms with E-state index in [1.54, 1.807) is 18.2 Å². The number of pyridine rings is 1. The van der Waals surface area contributed by atoms with E-state index in [2.05, 4.69) is 15.4 Å². The highest BCUT2D eigenvalue weighted by atomic mass is 19.4. The maximum absolute atomic E-state index is 13.3. The zero-order valence-electron chi connectivity index (χ0n) is 12.9. The number of halogens is 4. The van der Waals surface area contributed by atoms with Crippen LogP contribution >= 0.6 is 0 Å². The molecule has 0 saturated carbocycles. The van der Waals surface area contributed by atoms with Crippen LogP contribution in [0.3, 0.4) is 0 Å². The molecule has 3 rings (SSSR count). The number of ether oxygens (including phenoxy) is 1. The van der Waals surface area contributed by atoms with Crippen molar-refractivity contribution in [2.24, 2.45) is 0 Å². The van der Waals surface area contributed by atoms with Gasteiger partial charge in [0, 0.05) is 12.1 Å². The molecule has 3 aromatic rings. The van der Waals surface area contributed by atoms with Crippen molar-refractivity contribution < 1.29 is 27.1 Å². The summed E-state index contributed by atoms with van der Waals surface area (Å²) in [4.78, 5) is 15.5. The summed E-state index contributed by atoms with van der Waals surface area (Å²) in [7, 11) is 0. The maximum Gasteiger partial charge on any atom is 0.435 e. The van der Waals surface area contributed by atoms with Crippen LogP contribution < -0.4 is 10.1 Å².